The third-order valence-electron chi connectivity index (χ3n) is 3.15. The monoisotopic (exact) mass is 419 g/mol. The maximum Gasteiger partial charge on any atom is 0.280 e. The van der Waals surface area contributed by atoms with Gasteiger partial charge in [-0.3, -0.25) is 0 Å². The first-order valence-corrected chi connectivity index (χ1v) is 9.73. The van der Waals surface area contributed by atoms with E-state index in [-0.39, 0.29) is 4.21 Å². The van der Waals surface area contributed by atoms with E-state index in [9.17, 15) is 8.42 Å². The molecule has 0 aliphatic rings. The molecule has 3 aromatic heterocycles. The first kappa shape index (κ1) is 15.9. The molecule has 0 aliphatic carbocycles. The molecule has 0 radical (unpaired) electrons. The summed E-state index contributed by atoms with van der Waals surface area (Å²) in [5.41, 5.74) is 6.85. The Kier molecular flexibility index (Phi) is 4.30. The van der Waals surface area contributed by atoms with Crippen molar-refractivity contribution in [2.45, 2.75) is 10.6 Å². The standard InChI is InChI=1S/C13H11BrClN3O2S2/c14-10-6-11(15)21-13(10)22(19,20)18-7-8(3-4-16)9-2-1-5-17-12(9)18/h1-2,5-7H,3-4,16H2. The smallest absolute Gasteiger partial charge is 0.280 e. The molecule has 3 heterocycles. The number of aromatic nitrogens is 2. The zero-order valence-corrected chi connectivity index (χ0v) is 15.1. The molecule has 2 N–H and O–H groups in total. The number of pyridine rings is 1. The minimum atomic E-state index is -3.77. The van der Waals surface area contributed by atoms with E-state index in [0.29, 0.717) is 27.4 Å². The first-order chi connectivity index (χ1) is 10.4. The minimum absolute atomic E-state index is 0.152. The van der Waals surface area contributed by atoms with Crippen LogP contribution in [0, 0.1) is 0 Å². The number of rotatable bonds is 4. The van der Waals surface area contributed by atoms with Crippen LogP contribution >= 0.6 is 38.9 Å². The van der Waals surface area contributed by atoms with Crippen LogP contribution in [0.4, 0.5) is 0 Å². The Morgan fingerprint density at radius 2 is 2.23 bits per heavy atom. The van der Waals surface area contributed by atoms with Crippen LogP contribution in [0.1, 0.15) is 5.56 Å². The topological polar surface area (TPSA) is 78.0 Å². The van der Waals surface area contributed by atoms with Crippen molar-refractivity contribution in [2.75, 3.05) is 6.54 Å². The van der Waals surface area contributed by atoms with Gasteiger partial charge < -0.3 is 5.73 Å². The van der Waals surface area contributed by atoms with E-state index in [1.807, 2.05) is 6.07 Å². The molecular formula is C13H11BrClN3O2S2. The van der Waals surface area contributed by atoms with Crippen LogP contribution in [0.2, 0.25) is 4.34 Å². The van der Waals surface area contributed by atoms with Gasteiger partial charge in [0.15, 0.2) is 9.86 Å². The van der Waals surface area contributed by atoms with Crippen LogP contribution < -0.4 is 5.73 Å². The van der Waals surface area contributed by atoms with Crippen molar-refractivity contribution in [1.29, 1.82) is 0 Å². The number of thiophene rings is 1. The SMILES string of the molecule is NCCc1cn(S(=O)(=O)c2sc(Cl)cc2Br)c2ncccc12. The van der Waals surface area contributed by atoms with E-state index < -0.39 is 10.0 Å². The molecule has 0 atom stereocenters. The second-order valence-electron chi connectivity index (χ2n) is 4.55. The minimum Gasteiger partial charge on any atom is -0.330 e. The predicted octanol–water partition coefficient (Wildman–Crippen LogP) is 3.25. The molecule has 0 fully saturated rings. The average molecular weight is 421 g/mol. The van der Waals surface area contributed by atoms with Crippen molar-refractivity contribution in [3.8, 4) is 0 Å². The van der Waals surface area contributed by atoms with Gasteiger partial charge in [0.1, 0.15) is 0 Å². The molecule has 3 aromatic rings. The van der Waals surface area contributed by atoms with Crippen LogP contribution in [0.3, 0.4) is 0 Å². The zero-order valence-electron chi connectivity index (χ0n) is 11.2. The summed E-state index contributed by atoms with van der Waals surface area (Å²) < 4.78 is 28.0. The van der Waals surface area contributed by atoms with E-state index in [1.54, 1.807) is 24.5 Å². The largest absolute Gasteiger partial charge is 0.330 e. The van der Waals surface area contributed by atoms with Crippen LogP contribution in [0.5, 0.6) is 0 Å². The molecule has 116 valence electrons. The quantitative estimate of drug-likeness (QED) is 0.703. The lowest BCUT2D eigenvalue weighted by Gasteiger charge is -2.05. The number of nitrogens with two attached hydrogens (primary N) is 1. The lowest BCUT2D eigenvalue weighted by atomic mass is 10.2. The molecule has 0 aliphatic heterocycles. The summed E-state index contributed by atoms with van der Waals surface area (Å²) in [6, 6.07) is 5.19. The van der Waals surface area contributed by atoms with Gasteiger partial charge in [-0.15, -0.1) is 11.3 Å². The Morgan fingerprint density at radius 1 is 1.45 bits per heavy atom. The maximum atomic E-state index is 12.9. The summed E-state index contributed by atoms with van der Waals surface area (Å²) >= 11 is 10.2. The van der Waals surface area contributed by atoms with Gasteiger partial charge in [-0.1, -0.05) is 11.6 Å². The van der Waals surface area contributed by atoms with Crippen molar-refractivity contribution in [3.05, 3.63) is 45.0 Å². The first-order valence-electron chi connectivity index (χ1n) is 6.30. The molecule has 0 saturated heterocycles. The zero-order chi connectivity index (χ0) is 15.9. The molecule has 0 aromatic carbocycles. The van der Waals surface area contributed by atoms with E-state index >= 15 is 0 Å². The number of hydrogen-bond acceptors (Lipinski definition) is 5. The van der Waals surface area contributed by atoms with Crippen LogP contribution in [0.15, 0.2) is 39.3 Å². The van der Waals surface area contributed by atoms with Crippen LogP contribution in [-0.2, 0) is 16.4 Å². The number of nitrogens with zero attached hydrogens (tertiary/aromatic N) is 2. The van der Waals surface area contributed by atoms with Crippen LogP contribution in [0.25, 0.3) is 11.0 Å². The average Bonchev–Trinajstić information content (AvgIpc) is 3.01. The second kappa shape index (κ2) is 5.93. The number of fused-ring (bicyclic) bond motifs is 1. The normalized spacial score (nSPS) is 12.1. The Labute approximate surface area is 144 Å². The van der Waals surface area contributed by atoms with Gasteiger partial charge in [-0.25, -0.2) is 8.96 Å². The van der Waals surface area contributed by atoms with Gasteiger partial charge in [-0.05, 0) is 52.7 Å². The third-order valence-corrected chi connectivity index (χ3v) is 7.72. The third kappa shape index (κ3) is 2.59. The maximum absolute atomic E-state index is 12.9. The fourth-order valence-electron chi connectivity index (χ4n) is 2.22. The summed E-state index contributed by atoms with van der Waals surface area (Å²) in [5.74, 6) is 0. The molecular weight excluding hydrogens is 410 g/mol. The molecule has 0 amide bonds. The van der Waals surface area contributed by atoms with Crippen molar-refractivity contribution in [1.82, 2.24) is 8.96 Å². The molecule has 0 spiro atoms. The molecule has 0 unspecified atom stereocenters. The summed E-state index contributed by atoms with van der Waals surface area (Å²) in [5, 5.41) is 0.787. The highest BCUT2D eigenvalue weighted by Gasteiger charge is 2.26. The predicted molar refractivity (Wildman–Crippen MR) is 92.1 cm³/mol. The summed E-state index contributed by atoms with van der Waals surface area (Å²) in [6.07, 6.45) is 3.73. The molecule has 0 saturated carbocycles. The summed E-state index contributed by atoms with van der Waals surface area (Å²) in [7, 11) is -3.77. The van der Waals surface area contributed by atoms with Gasteiger partial charge in [0.2, 0.25) is 0 Å². The highest BCUT2D eigenvalue weighted by Crippen LogP contribution is 2.37. The van der Waals surface area contributed by atoms with Crippen molar-refractivity contribution >= 4 is 59.9 Å². The van der Waals surface area contributed by atoms with Crippen molar-refractivity contribution < 1.29 is 8.42 Å². The Hall–Kier alpha value is -0.930. The van der Waals surface area contributed by atoms with Gasteiger partial charge in [0.25, 0.3) is 10.0 Å². The molecule has 3 rings (SSSR count). The number of hydrogen-bond donors (Lipinski definition) is 1. The van der Waals surface area contributed by atoms with E-state index in [2.05, 4.69) is 20.9 Å². The fraction of sp³-hybridized carbons (Fsp3) is 0.154. The molecule has 22 heavy (non-hydrogen) atoms. The number of halogens is 2. The second-order valence-corrected chi connectivity index (χ2v) is 9.10. The fourth-order valence-corrected chi connectivity index (χ4v) is 6.64. The highest BCUT2D eigenvalue weighted by molar-refractivity contribution is 9.10. The molecule has 0 bridgehead atoms. The van der Waals surface area contributed by atoms with Crippen molar-refractivity contribution in [2.24, 2.45) is 5.73 Å². The Bertz CT molecular complexity index is 950. The van der Waals surface area contributed by atoms with Gasteiger partial charge in [0.05, 0.1) is 8.81 Å². The van der Waals surface area contributed by atoms with E-state index in [1.165, 1.54) is 3.97 Å². The lowest BCUT2D eigenvalue weighted by Crippen LogP contribution is -2.11. The lowest BCUT2D eigenvalue weighted by molar-refractivity contribution is 0.590. The van der Waals surface area contributed by atoms with Crippen LogP contribution in [-0.4, -0.2) is 23.9 Å². The summed E-state index contributed by atoms with van der Waals surface area (Å²) in [4.78, 5) is 4.21. The highest BCUT2D eigenvalue weighted by atomic mass is 79.9. The van der Waals surface area contributed by atoms with Gasteiger partial charge in [-0.2, -0.15) is 8.42 Å². The Morgan fingerprint density at radius 3 is 2.86 bits per heavy atom. The molecule has 5 nitrogen and oxygen atoms in total. The van der Waals surface area contributed by atoms with Gasteiger partial charge in [0, 0.05) is 17.8 Å². The van der Waals surface area contributed by atoms with Gasteiger partial charge >= 0.3 is 0 Å². The van der Waals surface area contributed by atoms with Crippen molar-refractivity contribution in [3.63, 3.8) is 0 Å². The summed E-state index contributed by atoms with van der Waals surface area (Å²) in [6.45, 7) is 0.433. The van der Waals surface area contributed by atoms with E-state index in [0.717, 1.165) is 22.3 Å². The van der Waals surface area contributed by atoms with E-state index in [4.69, 9.17) is 17.3 Å². The Balaban J connectivity index is 2.28. The molecule has 9 heteroatoms.